The summed E-state index contributed by atoms with van der Waals surface area (Å²) in [5, 5.41) is 2.97. The summed E-state index contributed by atoms with van der Waals surface area (Å²) >= 11 is 0. The molecule has 0 bridgehead atoms. The number of nitrogens with zero attached hydrogens (tertiary/aromatic N) is 1. The number of ether oxygens (including phenoxy) is 1. The minimum absolute atomic E-state index is 0.109. The summed E-state index contributed by atoms with van der Waals surface area (Å²) < 4.78 is 74.5. The van der Waals surface area contributed by atoms with Crippen molar-refractivity contribution in [3.05, 3.63) is 71.7 Å². The van der Waals surface area contributed by atoms with Crippen LogP contribution in [0.4, 0.5) is 13.2 Å². The van der Waals surface area contributed by atoms with Gasteiger partial charge in [-0.05, 0) is 44.3 Å². The Bertz CT molecular complexity index is 1160. The molecule has 154 valence electrons. The quantitative estimate of drug-likeness (QED) is 0.647. The summed E-state index contributed by atoms with van der Waals surface area (Å²) in [5.74, 6) is -2.39. The van der Waals surface area contributed by atoms with Gasteiger partial charge in [-0.15, -0.1) is 0 Å². The lowest BCUT2D eigenvalue weighted by Crippen LogP contribution is -2.15. The maximum atomic E-state index is 14.6. The maximum absolute atomic E-state index is 14.6. The minimum atomic E-state index is -4.31. The highest BCUT2D eigenvalue weighted by molar-refractivity contribution is 7.90. The number of hydrogen-bond donors (Lipinski definition) is 1. The molecule has 0 saturated heterocycles. The molecule has 3 aromatic rings. The van der Waals surface area contributed by atoms with Crippen LogP contribution in [-0.4, -0.2) is 26.5 Å². The van der Waals surface area contributed by atoms with E-state index in [0.717, 1.165) is 28.2 Å². The van der Waals surface area contributed by atoms with Crippen molar-refractivity contribution in [1.29, 1.82) is 0 Å². The zero-order valence-electron chi connectivity index (χ0n) is 15.9. The first-order valence-electron chi connectivity index (χ1n) is 8.63. The van der Waals surface area contributed by atoms with E-state index in [0.29, 0.717) is 11.6 Å². The van der Waals surface area contributed by atoms with E-state index in [4.69, 9.17) is 4.74 Å². The third kappa shape index (κ3) is 3.75. The Kier molecular flexibility index (Phi) is 5.72. The van der Waals surface area contributed by atoms with Crippen LogP contribution in [0.2, 0.25) is 0 Å². The molecule has 1 heterocycles. The summed E-state index contributed by atoms with van der Waals surface area (Å²) in [6.45, 7) is 1.77. The average Bonchev–Trinajstić information content (AvgIpc) is 3.07. The summed E-state index contributed by atoms with van der Waals surface area (Å²) in [6.07, 6.45) is 1.29. The molecule has 2 aromatic carbocycles. The molecule has 1 unspecified atom stereocenters. The number of nitrogens with one attached hydrogen (secondary N) is 1. The molecule has 0 fully saturated rings. The third-order valence-electron chi connectivity index (χ3n) is 4.60. The standard InChI is InChI=1S/C20H19F3N2O3S/c1-12(24-2)17-11-25(29(26,27)15-6-4-5-13(21)9-15)19(20(17)28-3)16-8-7-14(22)10-18(16)23/h4-12,24H,1-3H3. The van der Waals surface area contributed by atoms with Gasteiger partial charge < -0.3 is 10.1 Å². The van der Waals surface area contributed by atoms with Crippen LogP contribution in [0.15, 0.2) is 53.6 Å². The van der Waals surface area contributed by atoms with Gasteiger partial charge in [0.2, 0.25) is 0 Å². The van der Waals surface area contributed by atoms with E-state index >= 15 is 0 Å². The highest BCUT2D eigenvalue weighted by Gasteiger charge is 2.30. The lowest BCUT2D eigenvalue weighted by Gasteiger charge is -2.13. The smallest absolute Gasteiger partial charge is 0.268 e. The molecule has 1 atom stereocenters. The number of methoxy groups -OCH3 is 1. The van der Waals surface area contributed by atoms with E-state index in [1.807, 2.05) is 0 Å². The molecule has 9 heteroatoms. The van der Waals surface area contributed by atoms with Gasteiger partial charge in [-0.2, -0.15) is 0 Å². The van der Waals surface area contributed by atoms with Crippen LogP contribution in [0.5, 0.6) is 5.75 Å². The largest absolute Gasteiger partial charge is 0.494 e. The molecule has 0 aliphatic rings. The first-order chi connectivity index (χ1) is 13.7. The number of benzene rings is 2. The normalized spacial score (nSPS) is 12.8. The van der Waals surface area contributed by atoms with Crippen molar-refractivity contribution < 1.29 is 26.3 Å². The van der Waals surface area contributed by atoms with Gasteiger partial charge in [-0.25, -0.2) is 25.6 Å². The molecule has 3 rings (SSSR count). The van der Waals surface area contributed by atoms with Crippen LogP contribution < -0.4 is 10.1 Å². The van der Waals surface area contributed by atoms with Gasteiger partial charge in [0.15, 0.2) is 5.75 Å². The summed E-state index contributed by atoms with van der Waals surface area (Å²) in [6, 6.07) is 6.94. The van der Waals surface area contributed by atoms with Gasteiger partial charge >= 0.3 is 0 Å². The first kappa shape index (κ1) is 20.9. The van der Waals surface area contributed by atoms with Crippen molar-refractivity contribution in [2.75, 3.05) is 14.2 Å². The molecule has 0 aliphatic carbocycles. The number of rotatable bonds is 6. The van der Waals surface area contributed by atoms with Crippen LogP contribution in [0.1, 0.15) is 18.5 Å². The van der Waals surface area contributed by atoms with Crippen LogP contribution >= 0.6 is 0 Å². The van der Waals surface area contributed by atoms with E-state index in [-0.39, 0.29) is 27.9 Å². The summed E-state index contributed by atoms with van der Waals surface area (Å²) in [7, 11) is -1.32. The summed E-state index contributed by atoms with van der Waals surface area (Å²) in [5.41, 5.74) is 0.151. The lowest BCUT2D eigenvalue weighted by molar-refractivity contribution is 0.406. The second-order valence-corrected chi connectivity index (χ2v) is 8.17. The van der Waals surface area contributed by atoms with Gasteiger partial charge in [0.1, 0.15) is 23.1 Å². The molecular weight excluding hydrogens is 405 g/mol. The lowest BCUT2D eigenvalue weighted by atomic mass is 10.1. The third-order valence-corrected chi connectivity index (χ3v) is 6.25. The fourth-order valence-corrected chi connectivity index (χ4v) is 4.43. The topological polar surface area (TPSA) is 60.3 Å². The number of aromatic nitrogens is 1. The Morgan fingerprint density at radius 3 is 2.34 bits per heavy atom. The molecule has 0 amide bonds. The zero-order chi connectivity index (χ0) is 21.3. The monoisotopic (exact) mass is 424 g/mol. The fraction of sp³-hybridized carbons (Fsp3) is 0.200. The van der Waals surface area contributed by atoms with Crippen molar-refractivity contribution in [3.8, 4) is 17.0 Å². The van der Waals surface area contributed by atoms with Crippen molar-refractivity contribution in [2.45, 2.75) is 17.9 Å². The zero-order valence-corrected chi connectivity index (χ0v) is 16.7. The summed E-state index contributed by atoms with van der Waals surface area (Å²) in [4.78, 5) is -0.317. The first-order valence-corrected chi connectivity index (χ1v) is 10.1. The number of halogens is 3. The van der Waals surface area contributed by atoms with Crippen LogP contribution in [0.25, 0.3) is 11.3 Å². The molecule has 29 heavy (non-hydrogen) atoms. The molecule has 0 radical (unpaired) electrons. The van der Waals surface area contributed by atoms with Crippen molar-refractivity contribution in [2.24, 2.45) is 0 Å². The fourth-order valence-electron chi connectivity index (χ4n) is 3.02. The van der Waals surface area contributed by atoms with E-state index < -0.39 is 27.5 Å². The van der Waals surface area contributed by atoms with Gasteiger partial charge in [0.05, 0.1) is 12.0 Å². The van der Waals surface area contributed by atoms with Gasteiger partial charge in [-0.3, -0.25) is 0 Å². The Morgan fingerprint density at radius 1 is 1.07 bits per heavy atom. The molecule has 5 nitrogen and oxygen atoms in total. The van der Waals surface area contributed by atoms with Crippen LogP contribution in [0, 0.1) is 17.5 Å². The van der Waals surface area contributed by atoms with Gasteiger partial charge in [-0.1, -0.05) is 6.07 Å². The predicted octanol–water partition coefficient (Wildman–Crippen LogP) is 4.10. The average molecular weight is 424 g/mol. The predicted molar refractivity (Wildman–Crippen MR) is 103 cm³/mol. The van der Waals surface area contributed by atoms with E-state index in [2.05, 4.69) is 5.32 Å². The maximum Gasteiger partial charge on any atom is 0.268 e. The molecule has 1 N–H and O–H groups in total. The highest BCUT2D eigenvalue weighted by Crippen LogP contribution is 2.41. The Balaban J connectivity index is 2.38. The molecule has 0 aliphatic heterocycles. The van der Waals surface area contributed by atoms with Gasteiger partial charge in [0, 0.05) is 29.4 Å². The van der Waals surface area contributed by atoms with E-state index in [9.17, 15) is 21.6 Å². The molecule has 0 spiro atoms. The van der Waals surface area contributed by atoms with Crippen LogP contribution in [0.3, 0.4) is 0 Å². The Labute approximate surface area is 166 Å². The van der Waals surface area contributed by atoms with Crippen molar-refractivity contribution >= 4 is 10.0 Å². The van der Waals surface area contributed by atoms with Crippen LogP contribution in [-0.2, 0) is 10.0 Å². The highest BCUT2D eigenvalue weighted by atomic mass is 32.2. The SMILES string of the molecule is CNC(C)c1cn(S(=O)(=O)c2cccc(F)c2)c(-c2ccc(F)cc2F)c1OC. The van der Waals surface area contributed by atoms with Crippen molar-refractivity contribution in [1.82, 2.24) is 9.29 Å². The molecular formula is C20H19F3N2O3S. The molecule has 0 saturated carbocycles. The van der Waals surface area contributed by atoms with Crippen molar-refractivity contribution in [3.63, 3.8) is 0 Å². The Morgan fingerprint density at radius 2 is 1.76 bits per heavy atom. The molecule has 1 aromatic heterocycles. The minimum Gasteiger partial charge on any atom is -0.494 e. The Hall–Kier alpha value is -2.78. The second-order valence-electron chi connectivity index (χ2n) is 6.36. The van der Waals surface area contributed by atoms with E-state index in [1.165, 1.54) is 25.4 Å². The second kappa shape index (κ2) is 7.92. The van der Waals surface area contributed by atoms with Gasteiger partial charge in [0.25, 0.3) is 10.0 Å². The van der Waals surface area contributed by atoms with E-state index in [1.54, 1.807) is 14.0 Å². The number of hydrogen-bond acceptors (Lipinski definition) is 4.